The van der Waals surface area contributed by atoms with Crippen molar-refractivity contribution in [2.75, 3.05) is 18.4 Å². The summed E-state index contributed by atoms with van der Waals surface area (Å²) < 4.78 is 5.95. The van der Waals surface area contributed by atoms with Gasteiger partial charge in [0.1, 0.15) is 0 Å². The molecule has 1 aliphatic rings. The average molecular weight is 318 g/mol. The molecule has 5 nitrogen and oxygen atoms in total. The zero-order valence-corrected chi connectivity index (χ0v) is 14.2. The van der Waals surface area contributed by atoms with E-state index in [4.69, 9.17) is 16.2 Å². The largest absolute Gasteiger partial charge is 0.385 e. The zero-order chi connectivity index (χ0) is 16.7. The quantitative estimate of drug-likeness (QED) is 0.620. The van der Waals surface area contributed by atoms with Crippen LogP contribution in [0.3, 0.4) is 0 Å². The van der Waals surface area contributed by atoms with Crippen LogP contribution in [0.5, 0.6) is 0 Å². The molecule has 1 aliphatic heterocycles. The van der Waals surface area contributed by atoms with E-state index in [9.17, 15) is 0 Å². The predicted octanol–water partition coefficient (Wildman–Crippen LogP) is 2.47. The Labute approximate surface area is 139 Å². The molecule has 1 heterocycles. The first-order valence-electron chi connectivity index (χ1n) is 8.54. The first-order valence-corrected chi connectivity index (χ1v) is 8.54. The van der Waals surface area contributed by atoms with Crippen LogP contribution in [0.2, 0.25) is 0 Å². The number of rotatable bonds is 7. The van der Waals surface area contributed by atoms with Crippen LogP contribution >= 0.6 is 0 Å². The molecule has 0 radical (unpaired) electrons. The molecule has 0 amide bonds. The van der Waals surface area contributed by atoms with Gasteiger partial charge in [0, 0.05) is 24.8 Å². The third-order valence-corrected chi connectivity index (χ3v) is 4.01. The molecule has 0 aliphatic carbocycles. The molecule has 0 aromatic heterocycles. The minimum Gasteiger partial charge on any atom is -0.385 e. The van der Waals surface area contributed by atoms with Crippen LogP contribution in [0, 0.1) is 0 Å². The van der Waals surface area contributed by atoms with Gasteiger partial charge in [0.05, 0.1) is 18.0 Å². The van der Waals surface area contributed by atoms with Gasteiger partial charge in [-0.1, -0.05) is 31.9 Å². The highest BCUT2D eigenvalue weighted by Gasteiger charge is 2.20. The SMILES string of the molecule is CCCCC(N)/C=C(\N)Nc1ccc([C@H]2CNC[C@@H](C)O2)cc1. The Morgan fingerprint density at radius 3 is 2.78 bits per heavy atom. The monoisotopic (exact) mass is 318 g/mol. The first-order chi connectivity index (χ1) is 11.1. The maximum atomic E-state index is 6.03. The molecule has 0 bridgehead atoms. The van der Waals surface area contributed by atoms with Gasteiger partial charge in [-0.3, -0.25) is 0 Å². The molecule has 128 valence electrons. The van der Waals surface area contributed by atoms with Crippen molar-refractivity contribution in [2.24, 2.45) is 11.5 Å². The van der Waals surface area contributed by atoms with E-state index < -0.39 is 0 Å². The number of nitrogens with one attached hydrogen (secondary N) is 2. The fourth-order valence-corrected chi connectivity index (χ4v) is 2.73. The van der Waals surface area contributed by atoms with Crippen LogP contribution in [0.1, 0.15) is 44.8 Å². The molecule has 3 atom stereocenters. The van der Waals surface area contributed by atoms with E-state index in [1.54, 1.807) is 0 Å². The molecule has 1 unspecified atom stereocenters. The molecule has 1 aromatic rings. The summed E-state index contributed by atoms with van der Waals surface area (Å²) in [5.74, 6) is 0.602. The maximum absolute atomic E-state index is 6.03. The summed E-state index contributed by atoms with van der Waals surface area (Å²) in [6.45, 7) is 6.01. The Morgan fingerprint density at radius 1 is 1.39 bits per heavy atom. The van der Waals surface area contributed by atoms with Crippen molar-refractivity contribution in [3.05, 3.63) is 41.7 Å². The summed E-state index contributed by atoms with van der Waals surface area (Å²) >= 11 is 0. The smallest absolute Gasteiger partial charge is 0.0979 e. The van der Waals surface area contributed by atoms with Crippen LogP contribution in [0.25, 0.3) is 0 Å². The molecule has 1 saturated heterocycles. The summed E-state index contributed by atoms with van der Waals surface area (Å²) in [6.07, 6.45) is 5.47. The number of morpholine rings is 1. The summed E-state index contributed by atoms with van der Waals surface area (Å²) in [6, 6.07) is 8.21. The number of ether oxygens (including phenoxy) is 1. The lowest BCUT2D eigenvalue weighted by atomic mass is 10.1. The van der Waals surface area contributed by atoms with Crippen LogP contribution in [-0.4, -0.2) is 25.2 Å². The fraction of sp³-hybridized carbons (Fsp3) is 0.556. The van der Waals surface area contributed by atoms with Gasteiger partial charge in [-0.15, -0.1) is 0 Å². The Balaban J connectivity index is 1.90. The molecule has 0 saturated carbocycles. The van der Waals surface area contributed by atoms with Crippen molar-refractivity contribution in [3.8, 4) is 0 Å². The minimum absolute atomic E-state index is 0.00456. The van der Waals surface area contributed by atoms with Crippen molar-refractivity contribution in [3.63, 3.8) is 0 Å². The summed E-state index contributed by atoms with van der Waals surface area (Å²) in [5, 5.41) is 6.58. The highest BCUT2D eigenvalue weighted by molar-refractivity contribution is 5.49. The molecule has 5 heteroatoms. The summed E-state index contributed by atoms with van der Waals surface area (Å²) in [4.78, 5) is 0. The van der Waals surface area contributed by atoms with Crippen LogP contribution in [-0.2, 0) is 4.74 Å². The van der Waals surface area contributed by atoms with Crippen LogP contribution in [0.4, 0.5) is 5.69 Å². The van der Waals surface area contributed by atoms with Gasteiger partial charge in [0.15, 0.2) is 0 Å². The lowest BCUT2D eigenvalue weighted by Crippen LogP contribution is -2.38. The molecule has 2 rings (SSSR count). The number of hydrogen-bond acceptors (Lipinski definition) is 5. The van der Waals surface area contributed by atoms with Gasteiger partial charge in [-0.2, -0.15) is 0 Å². The van der Waals surface area contributed by atoms with Crippen molar-refractivity contribution in [1.29, 1.82) is 0 Å². The molecular formula is C18H30N4O. The second kappa shape index (κ2) is 8.91. The molecular weight excluding hydrogens is 288 g/mol. The third kappa shape index (κ3) is 5.86. The number of hydrogen-bond donors (Lipinski definition) is 4. The number of benzene rings is 1. The summed E-state index contributed by atoms with van der Waals surface area (Å²) in [5.41, 5.74) is 14.2. The third-order valence-electron chi connectivity index (χ3n) is 4.01. The van der Waals surface area contributed by atoms with Crippen molar-refractivity contribution in [2.45, 2.75) is 51.4 Å². The average Bonchev–Trinajstić information content (AvgIpc) is 2.53. The van der Waals surface area contributed by atoms with Gasteiger partial charge in [0.2, 0.25) is 0 Å². The second-order valence-corrected chi connectivity index (χ2v) is 6.27. The van der Waals surface area contributed by atoms with Gasteiger partial charge < -0.3 is 26.8 Å². The normalized spacial score (nSPS) is 23.5. The van der Waals surface area contributed by atoms with E-state index in [1.807, 2.05) is 18.2 Å². The van der Waals surface area contributed by atoms with Crippen molar-refractivity contribution < 1.29 is 4.74 Å². The van der Waals surface area contributed by atoms with E-state index in [-0.39, 0.29) is 18.2 Å². The maximum Gasteiger partial charge on any atom is 0.0979 e. The minimum atomic E-state index is 0.00456. The Kier molecular flexibility index (Phi) is 6.89. The highest BCUT2D eigenvalue weighted by Crippen LogP contribution is 2.23. The van der Waals surface area contributed by atoms with Gasteiger partial charge in [0.25, 0.3) is 0 Å². The van der Waals surface area contributed by atoms with E-state index in [0.717, 1.165) is 38.0 Å². The Morgan fingerprint density at radius 2 is 2.13 bits per heavy atom. The molecule has 1 aromatic carbocycles. The topological polar surface area (TPSA) is 85.3 Å². The van der Waals surface area contributed by atoms with Crippen LogP contribution < -0.4 is 22.1 Å². The predicted molar refractivity (Wildman–Crippen MR) is 96.0 cm³/mol. The van der Waals surface area contributed by atoms with Crippen molar-refractivity contribution in [1.82, 2.24) is 5.32 Å². The Bertz CT molecular complexity index is 500. The lowest BCUT2D eigenvalue weighted by Gasteiger charge is -2.29. The lowest BCUT2D eigenvalue weighted by molar-refractivity contribution is -0.0287. The van der Waals surface area contributed by atoms with E-state index in [1.165, 1.54) is 5.56 Å². The van der Waals surface area contributed by atoms with Gasteiger partial charge >= 0.3 is 0 Å². The zero-order valence-electron chi connectivity index (χ0n) is 14.2. The first kappa shape index (κ1) is 17.8. The molecule has 1 fully saturated rings. The van der Waals surface area contributed by atoms with Crippen LogP contribution in [0.15, 0.2) is 36.2 Å². The molecule has 6 N–H and O–H groups in total. The molecule has 0 spiro atoms. The van der Waals surface area contributed by atoms with Gasteiger partial charge in [-0.25, -0.2) is 0 Å². The molecule has 23 heavy (non-hydrogen) atoms. The number of nitrogens with two attached hydrogens (primary N) is 2. The van der Waals surface area contributed by atoms with Gasteiger partial charge in [-0.05, 0) is 37.1 Å². The standard InChI is InChI=1S/C18H30N4O/c1-3-4-5-15(19)10-18(20)22-16-8-6-14(7-9-16)17-12-21-11-13(2)23-17/h6-10,13,15,17,21-22H,3-5,11-12,19-20H2,1-2H3/b18-10+/t13-,15?,17-/m1/s1. The van der Waals surface area contributed by atoms with Crippen molar-refractivity contribution >= 4 is 5.69 Å². The number of anilines is 1. The summed E-state index contributed by atoms with van der Waals surface area (Å²) in [7, 11) is 0. The number of unbranched alkanes of at least 4 members (excludes halogenated alkanes) is 1. The second-order valence-electron chi connectivity index (χ2n) is 6.27. The van der Waals surface area contributed by atoms with E-state index >= 15 is 0 Å². The van der Waals surface area contributed by atoms with E-state index in [0.29, 0.717) is 5.82 Å². The van der Waals surface area contributed by atoms with E-state index in [2.05, 4.69) is 36.6 Å². The highest BCUT2D eigenvalue weighted by atomic mass is 16.5. The Hall–Kier alpha value is -1.56. The fourth-order valence-electron chi connectivity index (χ4n) is 2.73.